The topological polar surface area (TPSA) is 91.0 Å². The van der Waals surface area contributed by atoms with Crippen molar-refractivity contribution in [3.63, 3.8) is 0 Å². The molecule has 0 aromatic heterocycles. The largest absolute Gasteiger partial charge is 0.494 e. The number of piperidine rings is 1. The summed E-state index contributed by atoms with van der Waals surface area (Å²) in [6.07, 6.45) is 1.19. The lowest BCUT2D eigenvalue weighted by Gasteiger charge is -2.35. The molecule has 0 radical (unpaired) electrons. The predicted molar refractivity (Wildman–Crippen MR) is 91.5 cm³/mol. The van der Waals surface area contributed by atoms with Gasteiger partial charge in [-0.2, -0.15) is 0 Å². The Bertz CT molecular complexity index is 637. The van der Waals surface area contributed by atoms with Crippen LogP contribution in [-0.4, -0.2) is 60.1 Å². The SMILES string of the molecule is CCOc1ccc(NC(=O)N2CCC(N3C(=O)CNC3=O)CC2)cc1. The number of nitrogens with zero attached hydrogens (tertiary/aromatic N) is 2. The minimum Gasteiger partial charge on any atom is -0.494 e. The van der Waals surface area contributed by atoms with E-state index in [-0.39, 0.29) is 30.6 Å². The summed E-state index contributed by atoms with van der Waals surface area (Å²) in [6, 6.07) is 6.56. The number of rotatable bonds is 4. The molecule has 0 aliphatic carbocycles. The van der Waals surface area contributed by atoms with E-state index in [9.17, 15) is 14.4 Å². The van der Waals surface area contributed by atoms with Crippen LogP contribution in [0.2, 0.25) is 0 Å². The van der Waals surface area contributed by atoms with Gasteiger partial charge < -0.3 is 20.3 Å². The minimum absolute atomic E-state index is 0.0667. The molecule has 25 heavy (non-hydrogen) atoms. The molecular formula is C17H22N4O4. The first-order chi connectivity index (χ1) is 12.1. The van der Waals surface area contributed by atoms with Gasteiger partial charge in [-0.25, -0.2) is 9.59 Å². The van der Waals surface area contributed by atoms with Gasteiger partial charge in [-0.05, 0) is 44.0 Å². The molecule has 1 aromatic carbocycles. The highest BCUT2D eigenvalue weighted by molar-refractivity contribution is 6.02. The van der Waals surface area contributed by atoms with Crippen molar-refractivity contribution in [2.45, 2.75) is 25.8 Å². The highest BCUT2D eigenvalue weighted by atomic mass is 16.5. The smallest absolute Gasteiger partial charge is 0.324 e. The van der Waals surface area contributed by atoms with Gasteiger partial charge in [0.15, 0.2) is 0 Å². The normalized spacial score (nSPS) is 18.3. The second kappa shape index (κ2) is 7.42. The summed E-state index contributed by atoms with van der Waals surface area (Å²) < 4.78 is 5.37. The van der Waals surface area contributed by atoms with Gasteiger partial charge in [-0.1, -0.05) is 0 Å². The second-order valence-corrected chi connectivity index (χ2v) is 6.03. The van der Waals surface area contributed by atoms with Gasteiger partial charge in [0.2, 0.25) is 5.91 Å². The first-order valence-corrected chi connectivity index (χ1v) is 8.47. The second-order valence-electron chi connectivity index (χ2n) is 6.03. The molecule has 2 aliphatic rings. The standard InChI is InChI=1S/C17H22N4O4/c1-2-25-14-5-3-12(4-6-14)19-17(24)20-9-7-13(8-10-20)21-15(22)11-18-16(21)23/h3-6,13H,2,7-11H2,1H3,(H,18,23)(H,19,24). The van der Waals surface area contributed by atoms with E-state index in [4.69, 9.17) is 4.74 Å². The van der Waals surface area contributed by atoms with Gasteiger partial charge in [0.1, 0.15) is 5.75 Å². The number of amides is 5. The van der Waals surface area contributed by atoms with Crippen molar-refractivity contribution in [2.75, 3.05) is 31.6 Å². The number of carbonyl (C=O) groups is 3. The Kier molecular flexibility index (Phi) is 5.06. The average molecular weight is 346 g/mol. The molecule has 2 fully saturated rings. The molecule has 8 heteroatoms. The summed E-state index contributed by atoms with van der Waals surface area (Å²) in [4.78, 5) is 38.8. The number of benzene rings is 1. The maximum atomic E-state index is 12.4. The fourth-order valence-corrected chi connectivity index (χ4v) is 3.14. The molecule has 1 aromatic rings. The predicted octanol–water partition coefficient (Wildman–Crippen LogP) is 1.63. The van der Waals surface area contributed by atoms with Crippen molar-refractivity contribution < 1.29 is 19.1 Å². The summed E-state index contributed by atoms with van der Waals surface area (Å²) in [5.74, 6) is 0.567. The van der Waals surface area contributed by atoms with E-state index in [0.29, 0.717) is 38.2 Å². The zero-order valence-corrected chi connectivity index (χ0v) is 14.2. The molecule has 3 rings (SSSR count). The van der Waals surface area contributed by atoms with Crippen molar-refractivity contribution in [3.05, 3.63) is 24.3 Å². The molecule has 5 amide bonds. The summed E-state index contributed by atoms with van der Waals surface area (Å²) in [5, 5.41) is 5.39. The molecule has 0 spiro atoms. The quantitative estimate of drug-likeness (QED) is 0.811. The molecule has 0 saturated carbocycles. The Balaban J connectivity index is 1.51. The Hall–Kier alpha value is -2.77. The first kappa shape index (κ1) is 17.1. The van der Waals surface area contributed by atoms with E-state index >= 15 is 0 Å². The van der Waals surface area contributed by atoms with E-state index in [2.05, 4.69) is 10.6 Å². The number of nitrogens with one attached hydrogen (secondary N) is 2. The summed E-state index contributed by atoms with van der Waals surface area (Å²) >= 11 is 0. The fraction of sp³-hybridized carbons (Fsp3) is 0.471. The highest BCUT2D eigenvalue weighted by Gasteiger charge is 2.37. The molecular weight excluding hydrogens is 324 g/mol. The van der Waals surface area contributed by atoms with E-state index in [1.807, 2.05) is 19.1 Å². The maximum absolute atomic E-state index is 12.4. The molecule has 0 unspecified atom stereocenters. The van der Waals surface area contributed by atoms with Gasteiger partial charge in [-0.15, -0.1) is 0 Å². The molecule has 0 bridgehead atoms. The molecule has 2 N–H and O–H groups in total. The van der Waals surface area contributed by atoms with Gasteiger partial charge in [0.05, 0.1) is 13.2 Å². The third-order valence-electron chi connectivity index (χ3n) is 4.41. The van der Waals surface area contributed by atoms with Crippen LogP contribution in [0.1, 0.15) is 19.8 Å². The van der Waals surface area contributed by atoms with Crippen LogP contribution in [0.4, 0.5) is 15.3 Å². The van der Waals surface area contributed by atoms with E-state index in [1.54, 1.807) is 17.0 Å². The van der Waals surface area contributed by atoms with Gasteiger partial charge >= 0.3 is 12.1 Å². The van der Waals surface area contributed by atoms with Crippen LogP contribution >= 0.6 is 0 Å². The van der Waals surface area contributed by atoms with E-state index in [0.717, 1.165) is 5.75 Å². The highest BCUT2D eigenvalue weighted by Crippen LogP contribution is 2.20. The number of hydrogen-bond donors (Lipinski definition) is 2. The fourth-order valence-electron chi connectivity index (χ4n) is 3.14. The third-order valence-corrected chi connectivity index (χ3v) is 4.41. The first-order valence-electron chi connectivity index (χ1n) is 8.47. The average Bonchev–Trinajstić information content (AvgIpc) is 2.95. The lowest BCUT2D eigenvalue weighted by atomic mass is 10.0. The zero-order chi connectivity index (χ0) is 17.8. The van der Waals surface area contributed by atoms with Crippen molar-refractivity contribution in [1.82, 2.24) is 15.1 Å². The summed E-state index contributed by atoms with van der Waals surface area (Å²) in [6.45, 7) is 3.59. The van der Waals surface area contributed by atoms with Gasteiger partial charge in [0.25, 0.3) is 0 Å². The number of carbonyl (C=O) groups excluding carboxylic acids is 3. The molecule has 0 atom stereocenters. The number of imide groups is 1. The van der Waals surface area contributed by atoms with E-state index < -0.39 is 0 Å². The van der Waals surface area contributed by atoms with Gasteiger partial charge in [-0.3, -0.25) is 9.69 Å². The Morgan fingerprint density at radius 3 is 2.48 bits per heavy atom. The monoisotopic (exact) mass is 346 g/mol. The summed E-state index contributed by atoms with van der Waals surface area (Å²) in [5.41, 5.74) is 0.699. The van der Waals surface area contributed by atoms with Crippen LogP contribution in [0, 0.1) is 0 Å². The lowest BCUT2D eigenvalue weighted by molar-refractivity contribution is -0.127. The number of urea groups is 2. The van der Waals surface area contributed by atoms with Crippen LogP contribution in [-0.2, 0) is 4.79 Å². The molecule has 8 nitrogen and oxygen atoms in total. The Morgan fingerprint density at radius 2 is 1.92 bits per heavy atom. The van der Waals surface area contributed by atoms with Crippen LogP contribution in [0.3, 0.4) is 0 Å². The molecule has 2 heterocycles. The summed E-state index contributed by atoms with van der Waals surface area (Å²) in [7, 11) is 0. The molecule has 2 aliphatic heterocycles. The van der Waals surface area contributed by atoms with Crippen molar-refractivity contribution >= 4 is 23.7 Å². The zero-order valence-electron chi connectivity index (χ0n) is 14.2. The van der Waals surface area contributed by atoms with Crippen molar-refractivity contribution in [2.24, 2.45) is 0 Å². The molecule has 2 saturated heterocycles. The van der Waals surface area contributed by atoms with Crippen LogP contribution in [0.5, 0.6) is 5.75 Å². The lowest BCUT2D eigenvalue weighted by Crippen LogP contribution is -2.49. The number of likely N-dealkylation sites (tertiary alicyclic amines) is 1. The van der Waals surface area contributed by atoms with Gasteiger partial charge in [0, 0.05) is 24.8 Å². The van der Waals surface area contributed by atoms with Crippen LogP contribution in [0.25, 0.3) is 0 Å². The minimum atomic E-state index is -0.331. The van der Waals surface area contributed by atoms with Crippen molar-refractivity contribution in [1.29, 1.82) is 0 Å². The third kappa shape index (κ3) is 3.84. The Labute approximate surface area is 146 Å². The van der Waals surface area contributed by atoms with E-state index in [1.165, 1.54) is 4.90 Å². The number of anilines is 1. The van der Waals surface area contributed by atoms with Crippen LogP contribution in [0.15, 0.2) is 24.3 Å². The van der Waals surface area contributed by atoms with Crippen molar-refractivity contribution in [3.8, 4) is 5.75 Å². The number of hydrogen-bond acceptors (Lipinski definition) is 4. The number of ether oxygens (including phenoxy) is 1. The maximum Gasteiger partial charge on any atom is 0.324 e. The molecule has 134 valence electrons. The van der Waals surface area contributed by atoms with Crippen LogP contribution < -0.4 is 15.4 Å². The Morgan fingerprint density at radius 1 is 1.24 bits per heavy atom.